The Labute approximate surface area is 145 Å². The van der Waals surface area contributed by atoms with Crippen LogP contribution in [0.3, 0.4) is 0 Å². The van der Waals surface area contributed by atoms with Crippen LogP contribution in [0, 0.1) is 17.8 Å². The minimum absolute atomic E-state index is 0.0913. The van der Waals surface area contributed by atoms with Gasteiger partial charge in [-0.2, -0.15) is 0 Å². The highest BCUT2D eigenvalue weighted by Crippen LogP contribution is 2.49. The van der Waals surface area contributed by atoms with E-state index >= 15 is 0 Å². The minimum Gasteiger partial charge on any atom is -0.497 e. The lowest BCUT2D eigenvalue weighted by Crippen LogP contribution is -2.17. The van der Waals surface area contributed by atoms with Gasteiger partial charge in [-0.15, -0.1) is 0 Å². The minimum atomic E-state index is -0.458. The number of rotatable bonds is 5. The van der Waals surface area contributed by atoms with Crippen LogP contribution in [0.25, 0.3) is 11.0 Å². The first-order valence-corrected chi connectivity index (χ1v) is 8.89. The molecule has 0 spiro atoms. The SMILES string of the molecule is COc1ccc2c(COC(=O)C[C@@H]3C[C@H]4CC[C@H]3C4)cc(=O)oc2c1. The number of esters is 1. The maximum atomic E-state index is 12.2. The van der Waals surface area contributed by atoms with Crippen LogP contribution in [-0.4, -0.2) is 13.1 Å². The zero-order valence-electron chi connectivity index (χ0n) is 14.3. The largest absolute Gasteiger partial charge is 0.497 e. The van der Waals surface area contributed by atoms with Crippen molar-refractivity contribution in [3.8, 4) is 5.75 Å². The van der Waals surface area contributed by atoms with Crippen LogP contribution in [0.1, 0.15) is 37.7 Å². The van der Waals surface area contributed by atoms with E-state index in [-0.39, 0.29) is 12.6 Å². The molecule has 0 amide bonds. The molecule has 0 aliphatic heterocycles. The van der Waals surface area contributed by atoms with E-state index in [9.17, 15) is 9.59 Å². The van der Waals surface area contributed by atoms with Gasteiger partial charge in [-0.3, -0.25) is 4.79 Å². The summed E-state index contributed by atoms with van der Waals surface area (Å²) in [4.78, 5) is 24.0. The number of benzene rings is 1. The zero-order valence-corrected chi connectivity index (χ0v) is 14.3. The first-order valence-electron chi connectivity index (χ1n) is 8.89. The van der Waals surface area contributed by atoms with Gasteiger partial charge in [0.25, 0.3) is 0 Å². The van der Waals surface area contributed by atoms with Gasteiger partial charge in [0, 0.05) is 29.5 Å². The van der Waals surface area contributed by atoms with Crippen LogP contribution < -0.4 is 10.4 Å². The number of carbonyl (C=O) groups excluding carboxylic acids is 1. The number of hydrogen-bond donors (Lipinski definition) is 0. The Balaban J connectivity index is 1.45. The van der Waals surface area contributed by atoms with Gasteiger partial charge in [-0.1, -0.05) is 6.42 Å². The molecule has 1 aromatic carbocycles. The third-order valence-corrected chi connectivity index (χ3v) is 5.74. The summed E-state index contributed by atoms with van der Waals surface area (Å²) in [5.41, 5.74) is 0.640. The average molecular weight is 342 g/mol. The van der Waals surface area contributed by atoms with E-state index in [1.807, 2.05) is 6.07 Å². The lowest BCUT2D eigenvalue weighted by Gasteiger charge is -2.20. The van der Waals surface area contributed by atoms with Crippen molar-refractivity contribution >= 4 is 16.9 Å². The van der Waals surface area contributed by atoms with Crippen LogP contribution in [-0.2, 0) is 16.1 Å². The molecule has 2 aromatic rings. The monoisotopic (exact) mass is 342 g/mol. The summed E-state index contributed by atoms with van der Waals surface area (Å²) >= 11 is 0. The molecule has 0 N–H and O–H groups in total. The third-order valence-electron chi connectivity index (χ3n) is 5.74. The lowest BCUT2D eigenvalue weighted by atomic mass is 9.86. The molecule has 3 atom stereocenters. The Morgan fingerprint density at radius 3 is 2.84 bits per heavy atom. The summed E-state index contributed by atoms with van der Waals surface area (Å²) in [7, 11) is 1.56. The smallest absolute Gasteiger partial charge is 0.336 e. The van der Waals surface area contributed by atoms with Gasteiger partial charge in [-0.05, 0) is 49.1 Å². The molecule has 4 rings (SSSR count). The molecule has 2 aliphatic carbocycles. The number of carbonyl (C=O) groups is 1. The van der Waals surface area contributed by atoms with Crippen molar-refractivity contribution in [3.05, 3.63) is 40.2 Å². The molecule has 1 aromatic heterocycles. The van der Waals surface area contributed by atoms with Crippen molar-refractivity contribution in [2.75, 3.05) is 7.11 Å². The van der Waals surface area contributed by atoms with Crippen LogP contribution in [0.4, 0.5) is 0 Å². The number of hydrogen-bond acceptors (Lipinski definition) is 5. The molecule has 2 saturated carbocycles. The van der Waals surface area contributed by atoms with Crippen molar-refractivity contribution in [2.24, 2.45) is 17.8 Å². The molecule has 0 unspecified atom stereocenters. The normalized spacial score (nSPS) is 24.6. The Hall–Kier alpha value is -2.30. The second kappa shape index (κ2) is 6.54. The highest BCUT2D eigenvalue weighted by atomic mass is 16.5. The Kier molecular flexibility index (Phi) is 4.24. The van der Waals surface area contributed by atoms with Crippen LogP contribution >= 0.6 is 0 Å². The number of methoxy groups -OCH3 is 1. The Morgan fingerprint density at radius 1 is 1.24 bits per heavy atom. The molecule has 2 bridgehead atoms. The van der Waals surface area contributed by atoms with E-state index in [0.717, 1.165) is 17.7 Å². The van der Waals surface area contributed by atoms with E-state index in [4.69, 9.17) is 13.9 Å². The standard InChI is InChI=1S/C20H22O5/c1-23-16-4-5-17-15(9-20(22)25-18(17)10-16)11-24-19(21)8-14-7-12-2-3-13(14)6-12/h4-5,9-10,12-14H,2-3,6-8,11H2,1H3/t12-,13-,14-/m0/s1. The molecular weight excluding hydrogens is 320 g/mol. The van der Waals surface area contributed by atoms with E-state index in [2.05, 4.69) is 0 Å². The predicted octanol–water partition coefficient (Wildman–Crippen LogP) is 3.67. The van der Waals surface area contributed by atoms with E-state index in [0.29, 0.717) is 35.2 Å². The van der Waals surface area contributed by atoms with Crippen LogP contribution in [0.5, 0.6) is 5.75 Å². The van der Waals surface area contributed by atoms with Crippen molar-refractivity contribution in [1.82, 2.24) is 0 Å². The van der Waals surface area contributed by atoms with Gasteiger partial charge in [0.05, 0.1) is 7.11 Å². The second-order valence-electron chi connectivity index (χ2n) is 7.25. The van der Waals surface area contributed by atoms with E-state index in [1.165, 1.54) is 25.3 Å². The maximum absolute atomic E-state index is 12.2. The second-order valence-corrected chi connectivity index (χ2v) is 7.25. The van der Waals surface area contributed by atoms with Gasteiger partial charge in [0.2, 0.25) is 0 Å². The fraction of sp³-hybridized carbons (Fsp3) is 0.500. The molecule has 5 nitrogen and oxygen atoms in total. The summed E-state index contributed by atoms with van der Waals surface area (Å²) in [6, 6.07) is 6.66. The summed E-state index contributed by atoms with van der Waals surface area (Å²) < 4.78 is 15.8. The van der Waals surface area contributed by atoms with Crippen molar-refractivity contribution < 1.29 is 18.7 Å². The van der Waals surface area contributed by atoms with Gasteiger partial charge >= 0.3 is 11.6 Å². The highest BCUT2D eigenvalue weighted by molar-refractivity contribution is 5.81. The molecule has 0 saturated heterocycles. The average Bonchev–Trinajstić information content (AvgIpc) is 3.21. The summed E-state index contributed by atoms with van der Waals surface area (Å²) in [6.07, 6.45) is 5.52. The predicted molar refractivity (Wildman–Crippen MR) is 92.4 cm³/mol. The maximum Gasteiger partial charge on any atom is 0.336 e. The van der Waals surface area contributed by atoms with Crippen molar-refractivity contribution in [2.45, 2.75) is 38.7 Å². The number of ether oxygens (including phenoxy) is 2. The first-order chi connectivity index (χ1) is 12.1. The summed E-state index contributed by atoms with van der Waals surface area (Å²) in [6.45, 7) is 0.0913. The van der Waals surface area contributed by atoms with Gasteiger partial charge in [0.15, 0.2) is 0 Å². The van der Waals surface area contributed by atoms with Gasteiger partial charge < -0.3 is 13.9 Å². The van der Waals surface area contributed by atoms with Crippen molar-refractivity contribution in [3.63, 3.8) is 0 Å². The van der Waals surface area contributed by atoms with Gasteiger partial charge in [-0.25, -0.2) is 4.79 Å². The fourth-order valence-corrected chi connectivity index (χ4v) is 4.51. The Morgan fingerprint density at radius 2 is 2.12 bits per heavy atom. The molecule has 132 valence electrons. The van der Waals surface area contributed by atoms with Crippen LogP contribution in [0.15, 0.2) is 33.5 Å². The summed E-state index contributed by atoms with van der Waals surface area (Å²) in [5, 5.41) is 0.758. The van der Waals surface area contributed by atoms with Crippen molar-refractivity contribution in [1.29, 1.82) is 0 Å². The van der Waals surface area contributed by atoms with E-state index in [1.54, 1.807) is 19.2 Å². The van der Waals surface area contributed by atoms with Gasteiger partial charge in [0.1, 0.15) is 17.9 Å². The first kappa shape index (κ1) is 16.2. The molecule has 2 aliphatic rings. The molecule has 1 heterocycles. The lowest BCUT2D eigenvalue weighted by molar-refractivity contribution is -0.146. The molecule has 2 fully saturated rings. The molecule has 25 heavy (non-hydrogen) atoms. The molecular formula is C20H22O5. The summed E-state index contributed by atoms with van der Waals surface area (Å²) in [5.74, 6) is 2.44. The Bertz CT molecular complexity index is 853. The number of fused-ring (bicyclic) bond motifs is 3. The van der Waals surface area contributed by atoms with Crippen LogP contribution in [0.2, 0.25) is 0 Å². The topological polar surface area (TPSA) is 65.7 Å². The zero-order chi connectivity index (χ0) is 17.4. The fourth-order valence-electron chi connectivity index (χ4n) is 4.51. The quantitative estimate of drug-likeness (QED) is 0.613. The molecule has 0 radical (unpaired) electrons. The van der Waals surface area contributed by atoms with E-state index < -0.39 is 5.63 Å². The highest BCUT2D eigenvalue weighted by Gasteiger charge is 2.40. The molecule has 5 heteroatoms. The third kappa shape index (κ3) is 3.28.